The van der Waals surface area contributed by atoms with Gasteiger partial charge in [0.2, 0.25) is 0 Å². The Kier molecular flexibility index (Phi) is 4.83. The molecule has 2 heterocycles. The van der Waals surface area contributed by atoms with Gasteiger partial charge in [-0.2, -0.15) is 17.5 Å². The van der Waals surface area contributed by atoms with Gasteiger partial charge in [0.15, 0.2) is 5.69 Å². The van der Waals surface area contributed by atoms with E-state index in [1.165, 1.54) is 0 Å². The second-order valence-electron chi connectivity index (χ2n) is 5.59. The minimum atomic E-state index is -4.94. The molecule has 148 valence electrons. The van der Waals surface area contributed by atoms with E-state index in [0.29, 0.717) is 0 Å². The number of benzene rings is 1. The smallest absolute Gasteiger partial charge is 0.431 e. The molecule has 0 N–H and O–H groups in total. The van der Waals surface area contributed by atoms with Gasteiger partial charge in [0.1, 0.15) is 11.5 Å². The summed E-state index contributed by atoms with van der Waals surface area (Å²) < 4.78 is 62.8. The molecular formula is C16H11F4N3O4S. The molecule has 12 heteroatoms. The molecule has 0 amide bonds. The van der Waals surface area contributed by atoms with Crippen molar-refractivity contribution >= 4 is 27.6 Å². The maximum absolute atomic E-state index is 14.5. The molecule has 0 aliphatic rings. The van der Waals surface area contributed by atoms with Crippen molar-refractivity contribution in [2.75, 3.05) is 6.61 Å². The maximum atomic E-state index is 14.5. The van der Waals surface area contributed by atoms with Crippen LogP contribution < -0.4 is 11.2 Å². The molecule has 3 aromatic rings. The van der Waals surface area contributed by atoms with Crippen LogP contribution in [-0.2, 0) is 18.0 Å². The predicted octanol–water partition coefficient (Wildman–Crippen LogP) is 2.48. The van der Waals surface area contributed by atoms with Gasteiger partial charge in [0.25, 0.3) is 5.56 Å². The van der Waals surface area contributed by atoms with E-state index in [-0.39, 0.29) is 37.6 Å². The van der Waals surface area contributed by atoms with Crippen LogP contribution in [0.3, 0.4) is 0 Å². The van der Waals surface area contributed by atoms with Crippen LogP contribution >= 0.6 is 11.5 Å². The first-order valence-electron chi connectivity index (χ1n) is 7.73. The van der Waals surface area contributed by atoms with Crippen LogP contribution in [0.2, 0.25) is 0 Å². The Morgan fingerprint density at radius 3 is 2.54 bits per heavy atom. The van der Waals surface area contributed by atoms with Gasteiger partial charge >= 0.3 is 17.8 Å². The Bertz CT molecular complexity index is 1210. The Labute approximate surface area is 157 Å². The molecule has 0 unspecified atom stereocenters. The highest BCUT2D eigenvalue weighted by Gasteiger charge is 2.35. The van der Waals surface area contributed by atoms with Crippen molar-refractivity contribution < 1.29 is 27.1 Å². The van der Waals surface area contributed by atoms with Crippen LogP contribution in [0.25, 0.3) is 15.8 Å². The molecule has 0 aliphatic carbocycles. The standard InChI is InChI=1S/C16H11F4N3O4S/c1-3-27-14(25)13-7-4-9(8(17)5-10(7)28-21-13)23-12(24)6-11(16(18,19)20)22(2)15(23)26/h4-6H,3H2,1-2H3. The van der Waals surface area contributed by atoms with E-state index in [9.17, 15) is 31.9 Å². The molecule has 0 bridgehead atoms. The fourth-order valence-corrected chi connectivity index (χ4v) is 3.36. The number of fused-ring (bicyclic) bond motifs is 1. The number of aromatic nitrogens is 3. The SMILES string of the molecule is CCOC(=O)c1nsc2cc(F)c(-n3c(=O)cc(C(F)(F)F)n(C)c3=O)cc12. The molecule has 0 fully saturated rings. The zero-order chi connectivity index (χ0) is 20.8. The van der Waals surface area contributed by atoms with Gasteiger partial charge in [-0.15, -0.1) is 0 Å². The number of esters is 1. The zero-order valence-electron chi connectivity index (χ0n) is 14.3. The van der Waals surface area contributed by atoms with Crippen LogP contribution in [0, 0.1) is 5.82 Å². The number of ether oxygens (including phenoxy) is 1. The van der Waals surface area contributed by atoms with Gasteiger partial charge in [0, 0.05) is 18.5 Å². The molecule has 28 heavy (non-hydrogen) atoms. The van der Waals surface area contributed by atoms with Crippen molar-refractivity contribution in [3.05, 3.63) is 56.2 Å². The van der Waals surface area contributed by atoms with Crippen molar-refractivity contribution in [2.24, 2.45) is 7.05 Å². The third-order valence-electron chi connectivity index (χ3n) is 3.86. The Morgan fingerprint density at radius 2 is 1.93 bits per heavy atom. The highest BCUT2D eigenvalue weighted by Crippen LogP contribution is 2.29. The van der Waals surface area contributed by atoms with Crippen LogP contribution in [0.1, 0.15) is 23.1 Å². The Hall–Kier alpha value is -3.02. The lowest BCUT2D eigenvalue weighted by molar-refractivity contribution is -0.144. The van der Waals surface area contributed by atoms with Crippen molar-refractivity contribution in [2.45, 2.75) is 13.1 Å². The molecule has 0 aliphatic heterocycles. The minimum absolute atomic E-state index is 0.0603. The first-order valence-corrected chi connectivity index (χ1v) is 8.50. The number of carbonyl (C=O) groups excluding carboxylic acids is 1. The van der Waals surface area contributed by atoms with Gasteiger partial charge in [-0.25, -0.2) is 18.5 Å². The fraction of sp³-hybridized carbons (Fsp3) is 0.250. The number of nitrogens with zero attached hydrogens (tertiary/aromatic N) is 3. The van der Waals surface area contributed by atoms with Crippen LogP contribution in [0.15, 0.2) is 27.8 Å². The largest absolute Gasteiger partial charge is 0.461 e. The van der Waals surface area contributed by atoms with Crippen LogP contribution in [0.4, 0.5) is 17.6 Å². The van der Waals surface area contributed by atoms with E-state index < -0.39 is 40.6 Å². The summed E-state index contributed by atoms with van der Waals surface area (Å²) in [6.07, 6.45) is -4.94. The summed E-state index contributed by atoms with van der Waals surface area (Å²) in [5.74, 6) is -1.83. The van der Waals surface area contributed by atoms with E-state index in [4.69, 9.17) is 4.74 Å². The average Bonchev–Trinajstić information content (AvgIpc) is 3.00. The normalized spacial score (nSPS) is 11.8. The summed E-state index contributed by atoms with van der Waals surface area (Å²) in [5, 5.41) is 0.105. The summed E-state index contributed by atoms with van der Waals surface area (Å²) in [6.45, 7) is 1.63. The van der Waals surface area contributed by atoms with Gasteiger partial charge in [-0.05, 0) is 30.6 Å². The summed E-state index contributed by atoms with van der Waals surface area (Å²) >= 11 is 0.793. The maximum Gasteiger partial charge on any atom is 0.431 e. The molecule has 0 atom stereocenters. The molecule has 0 spiro atoms. The third-order valence-corrected chi connectivity index (χ3v) is 4.67. The van der Waals surface area contributed by atoms with Gasteiger partial charge in [-0.3, -0.25) is 9.36 Å². The van der Waals surface area contributed by atoms with Crippen molar-refractivity contribution in [3.63, 3.8) is 0 Å². The molecule has 3 rings (SSSR count). The molecular weight excluding hydrogens is 406 g/mol. The monoisotopic (exact) mass is 417 g/mol. The van der Waals surface area contributed by atoms with E-state index >= 15 is 0 Å². The number of carbonyl (C=O) groups is 1. The molecule has 0 saturated heterocycles. The van der Waals surface area contributed by atoms with Crippen molar-refractivity contribution in [1.82, 2.24) is 13.5 Å². The lowest BCUT2D eigenvalue weighted by Crippen LogP contribution is -2.41. The lowest BCUT2D eigenvalue weighted by atomic mass is 10.2. The third kappa shape index (κ3) is 3.19. The van der Waals surface area contributed by atoms with E-state index in [0.717, 1.165) is 30.7 Å². The van der Waals surface area contributed by atoms with Gasteiger partial charge < -0.3 is 4.74 Å². The molecule has 2 aromatic heterocycles. The summed E-state index contributed by atoms with van der Waals surface area (Å²) in [7, 11) is 0.813. The lowest BCUT2D eigenvalue weighted by Gasteiger charge is -2.14. The number of hydrogen-bond acceptors (Lipinski definition) is 6. The van der Waals surface area contributed by atoms with Crippen molar-refractivity contribution in [1.29, 1.82) is 0 Å². The Balaban J connectivity index is 2.30. The quantitative estimate of drug-likeness (QED) is 0.483. The number of halogens is 4. The van der Waals surface area contributed by atoms with E-state index in [1.807, 2.05) is 0 Å². The summed E-state index contributed by atoms with van der Waals surface area (Å²) in [6, 6.07) is 2.15. The average molecular weight is 417 g/mol. The number of alkyl halides is 3. The van der Waals surface area contributed by atoms with E-state index in [1.54, 1.807) is 6.92 Å². The van der Waals surface area contributed by atoms with Crippen LogP contribution in [0.5, 0.6) is 0 Å². The molecule has 7 nitrogen and oxygen atoms in total. The highest BCUT2D eigenvalue weighted by atomic mass is 32.1. The molecule has 0 radical (unpaired) electrons. The topological polar surface area (TPSA) is 83.2 Å². The first kappa shape index (κ1) is 19.7. The number of hydrogen-bond donors (Lipinski definition) is 0. The minimum Gasteiger partial charge on any atom is -0.461 e. The zero-order valence-corrected chi connectivity index (χ0v) is 15.2. The van der Waals surface area contributed by atoms with Gasteiger partial charge in [-0.1, -0.05) is 0 Å². The van der Waals surface area contributed by atoms with Crippen LogP contribution in [-0.4, -0.2) is 26.1 Å². The molecule has 1 aromatic carbocycles. The number of rotatable bonds is 3. The van der Waals surface area contributed by atoms with E-state index in [2.05, 4.69) is 4.37 Å². The Morgan fingerprint density at radius 1 is 1.25 bits per heavy atom. The summed E-state index contributed by atoms with van der Waals surface area (Å²) in [4.78, 5) is 36.5. The second-order valence-corrected chi connectivity index (χ2v) is 6.40. The summed E-state index contributed by atoms with van der Waals surface area (Å²) in [5.41, 5.74) is -4.98. The fourth-order valence-electron chi connectivity index (χ4n) is 2.59. The second kappa shape index (κ2) is 6.86. The predicted molar refractivity (Wildman–Crippen MR) is 91.4 cm³/mol. The van der Waals surface area contributed by atoms with Gasteiger partial charge in [0.05, 0.1) is 17.0 Å². The first-order chi connectivity index (χ1) is 13.1. The molecule has 0 saturated carbocycles. The van der Waals surface area contributed by atoms with Crippen molar-refractivity contribution in [3.8, 4) is 5.69 Å². The highest BCUT2D eigenvalue weighted by molar-refractivity contribution is 7.13.